The van der Waals surface area contributed by atoms with Gasteiger partial charge in [-0.2, -0.15) is 0 Å². The molecule has 0 spiro atoms. The highest BCUT2D eigenvalue weighted by atomic mass is 16.4. The molecule has 0 aromatic carbocycles. The van der Waals surface area contributed by atoms with Crippen LogP contribution in [0.1, 0.15) is 6.42 Å². The Morgan fingerprint density at radius 3 is 2.62 bits per heavy atom. The van der Waals surface area contributed by atoms with Gasteiger partial charge < -0.3 is 15.7 Å². The number of hydrogen-bond donors (Lipinski definition) is 2. The standard InChI is InChI=1S/C7H10N2O4/c8-7(13)4-1-5(10)9(2-4)3-6(11)12/h4H,1-3H2,(H2,8,13)(H,11,12). The Kier molecular flexibility index (Phi) is 2.50. The Hall–Kier alpha value is -1.59. The molecular weight excluding hydrogens is 176 g/mol. The number of carbonyl (C=O) groups is 3. The molecule has 1 heterocycles. The number of carboxylic acid groups (broad SMARTS) is 1. The minimum atomic E-state index is -1.08. The van der Waals surface area contributed by atoms with Gasteiger partial charge in [-0.25, -0.2) is 0 Å². The molecule has 1 fully saturated rings. The summed E-state index contributed by atoms with van der Waals surface area (Å²) < 4.78 is 0. The zero-order valence-electron chi connectivity index (χ0n) is 6.90. The van der Waals surface area contributed by atoms with Gasteiger partial charge in [0.15, 0.2) is 0 Å². The van der Waals surface area contributed by atoms with Gasteiger partial charge in [0, 0.05) is 13.0 Å². The highest BCUT2D eigenvalue weighted by Gasteiger charge is 2.33. The van der Waals surface area contributed by atoms with E-state index in [1.54, 1.807) is 0 Å². The molecule has 0 aromatic rings. The van der Waals surface area contributed by atoms with Gasteiger partial charge in [0.25, 0.3) is 0 Å². The number of carbonyl (C=O) groups excluding carboxylic acids is 2. The van der Waals surface area contributed by atoms with Gasteiger partial charge in [0.2, 0.25) is 11.8 Å². The molecule has 0 aliphatic carbocycles. The predicted octanol–water partition coefficient (Wildman–Crippen LogP) is -1.60. The van der Waals surface area contributed by atoms with Crippen LogP contribution in [0.4, 0.5) is 0 Å². The molecule has 13 heavy (non-hydrogen) atoms. The first-order valence-corrected chi connectivity index (χ1v) is 3.79. The minimum absolute atomic E-state index is 0.0304. The molecule has 6 nitrogen and oxygen atoms in total. The van der Waals surface area contributed by atoms with Gasteiger partial charge >= 0.3 is 5.97 Å². The number of rotatable bonds is 3. The largest absolute Gasteiger partial charge is 0.480 e. The van der Waals surface area contributed by atoms with Gasteiger partial charge in [0.05, 0.1) is 5.92 Å². The summed E-state index contributed by atoms with van der Waals surface area (Å²) in [6.45, 7) is -0.233. The molecule has 0 saturated carbocycles. The number of likely N-dealkylation sites (tertiary alicyclic amines) is 1. The van der Waals surface area contributed by atoms with Crippen molar-refractivity contribution < 1.29 is 19.5 Å². The third-order valence-electron chi connectivity index (χ3n) is 1.94. The summed E-state index contributed by atoms with van der Waals surface area (Å²) in [5.41, 5.74) is 4.99. The fraction of sp³-hybridized carbons (Fsp3) is 0.571. The molecule has 1 aliphatic heterocycles. The van der Waals surface area contributed by atoms with Crippen molar-refractivity contribution in [2.45, 2.75) is 6.42 Å². The molecule has 1 rings (SSSR count). The molecule has 72 valence electrons. The van der Waals surface area contributed by atoms with Gasteiger partial charge in [-0.1, -0.05) is 0 Å². The number of hydrogen-bond acceptors (Lipinski definition) is 3. The molecule has 6 heteroatoms. The lowest BCUT2D eigenvalue weighted by Gasteiger charge is -2.12. The maximum absolute atomic E-state index is 11.1. The van der Waals surface area contributed by atoms with E-state index < -0.39 is 17.8 Å². The van der Waals surface area contributed by atoms with Gasteiger partial charge in [-0.05, 0) is 0 Å². The van der Waals surface area contributed by atoms with Crippen molar-refractivity contribution in [1.29, 1.82) is 0 Å². The van der Waals surface area contributed by atoms with Crippen molar-refractivity contribution in [3.8, 4) is 0 Å². The molecule has 0 bridgehead atoms. The molecule has 0 aromatic heterocycles. The number of carboxylic acids is 1. The highest BCUT2D eigenvalue weighted by Crippen LogP contribution is 2.16. The second-order valence-electron chi connectivity index (χ2n) is 2.97. The number of primary amides is 1. The summed E-state index contributed by atoms with van der Waals surface area (Å²) in [4.78, 5) is 33.1. The number of amides is 2. The zero-order chi connectivity index (χ0) is 10.0. The Morgan fingerprint density at radius 1 is 1.62 bits per heavy atom. The molecule has 1 atom stereocenters. The molecule has 1 saturated heterocycles. The lowest BCUT2D eigenvalue weighted by Crippen LogP contribution is -2.32. The lowest BCUT2D eigenvalue weighted by molar-refractivity contribution is -0.142. The van der Waals surface area contributed by atoms with Crippen LogP contribution in [0.15, 0.2) is 0 Å². The van der Waals surface area contributed by atoms with Crippen molar-refractivity contribution in [3.63, 3.8) is 0 Å². The summed E-state index contributed by atoms with van der Waals surface area (Å²) in [6, 6.07) is 0. The van der Waals surface area contributed by atoms with Crippen molar-refractivity contribution in [3.05, 3.63) is 0 Å². The van der Waals surface area contributed by atoms with E-state index in [2.05, 4.69) is 0 Å². The van der Waals surface area contributed by atoms with Crippen molar-refractivity contribution in [2.75, 3.05) is 13.1 Å². The number of nitrogens with two attached hydrogens (primary N) is 1. The van der Waals surface area contributed by atoms with Crippen LogP contribution in [0, 0.1) is 5.92 Å². The van der Waals surface area contributed by atoms with Crippen LogP contribution in [0.5, 0.6) is 0 Å². The van der Waals surface area contributed by atoms with Crippen LogP contribution in [0.2, 0.25) is 0 Å². The second kappa shape index (κ2) is 3.42. The zero-order valence-corrected chi connectivity index (χ0v) is 6.90. The third-order valence-corrected chi connectivity index (χ3v) is 1.94. The second-order valence-corrected chi connectivity index (χ2v) is 2.97. The summed E-state index contributed by atoms with van der Waals surface area (Å²) in [5, 5.41) is 8.41. The molecule has 3 N–H and O–H groups in total. The molecule has 1 aliphatic rings. The Bertz CT molecular complexity index is 263. The molecule has 1 unspecified atom stereocenters. The predicted molar refractivity (Wildman–Crippen MR) is 41.5 cm³/mol. The summed E-state index contributed by atoms with van der Waals surface area (Å²) >= 11 is 0. The van der Waals surface area contributed by atoms with Crippen LogP contribution >= 0.6 is 0 Å². The van der Waals surface area contributed by atoms with E-state index in [0.29, 0.717) is 0 Å². The van der Waals surface area contributed by atoms with E-state index in [-0.39, 0.29) is 25.4 Å². The van der Waals surface area contributed by atoms with E-state index in [1.807, 2.05) is 0 Å². The van der Waals surface area contributed by atoms with Crippen LogP contribution < -0.4 is 5.73 Å². The van der Waals surface area contributed by atoms with E-state index in [9.17, 15) is 14.4 Å². The van der Waals surface area contributed by atoms with Crippen molar-refractivity contribution >= 4 is 17.8 Å². The minimum Gasteiger partial charge on any atom is -0.480 e. The van der Waals surface area contributed by atoms with Crippen LogP contribution in [0.25, 0.3) is 0 Å². The lowest BCUT2D eigenvalue weighted by atomic mass is 10.1. The summed E-state index contributed by atoms with van der Waals surface area (Å²) in [5.74, 6) is -2.50. The van der Waals surface area contributed by atoms with Crippen molar-refractivity contribution in [2.24, 2.45) is 11.7 Å². The number of aliphatic carboxylic acids is 1. The van der Waals surface area contributed by atoms with Gasteiger partial charge in [-0.15, -0.1) is 0 Å². The smallest absolute Gasteiger partial charge is 0.323 e. The van der Waals surface area contributed by atoms with E-state index in [0.717, 1.165) is 4.90 Å². The van der Waals surface area contributed by atoms with E-state index >= 15 is 0 Å². The maximum Gasteiger partial charge on any atom is 0.323 e. The van der Waals surface area contributed by atoms with Gasteiger partial charge in [0.1, 0.15) is 6.54 Å². The molecule has 0 radical (unpaired) electrons. The van der Waals surface area contributed by atoms with Crippen LogP contribution in [-0.2, 0) is 14.4 Å². The monoisotopic (exact) mass is 186 g/mol. The maximum atomic E-state index is 11.1. The van der Waals surface area contributed by atoms with Crippen molar-refractivity contribution in [1.82, 2.24) is 4.90 Å². The van der Waals surface area contributed by atoms with E-state index in [4.69, 9.17) is 10.8 Å². The summed E-state index contributed by atoms with van der Waals surface area (Å²) in [6.07, 6.45) is 0.0304. The normalized spacial score (nSPS) is 22.0. The first kappa shape index (κ1) is 9.50. The Balaban J connectivity index is 2.56. The molecule has 2 amide bonds. The quantitative estimate of drug-likeness (QED) is 0.554. The SMILES string of the molecule is NC(=O)C1CC(=O)N(CC(=O)O)C1. The Labute approximate surface area is 74.3 Å². The highest BCUT2D eigenvalue weighted by molar-refractivity contribution is 5.90. The summed E-state index contributed by atoms with van der Waals surface area (Å²) in [7, 11) is 0. The molecular formula is C7H10N2O4. The van der Waals surface area contributed by atoms with Crippen LogP contribution in [-0.4, -0.2) is 40.9 Å². The van der Waals surface area contributed by atoms with Crippen LogP contribution in [0.3, 0.4) is 0 Å². The fourth-order valence-corrected chi connectivity index (χ4v) is 1.28. The topological polar surface area (TPSA) is 101 Å². The Morgan fingerprint density at radius 2 is 2.23 bits per heavy atom. The first-order chi connectivity index (χ1) is 6.00. The average Bonchev–Trinajstić information content (AvgIpc) is 2.31. The first-order valence-electron chi connectivity index (χ1n) is 3.79. The third kappa shape index (κ3) is 2.17. The van der Waals surface area contributed by atoms with Gasteiger partial charge in [-0.3, -0.25) is 14.4 Å². The number of nitrogens with zero attached hydrogens (tertiary/aromatic N) is 1. The average molecular weight is 186 g/mol. The van der Waals surface area contributed by atoms with E-state index in [1.165, 1.54) is 0 Å². The fourth-order valence-electron chi connectivity index (χ4n) is 1.28.